The summed E-state index contributed by atoms with van der Waals surface area (Å²) in [7, 11) is 1.80. The lowest BCUT2D eigenvalue weighted by molar-refractivity contribution is 0.0740. The van der Waals surface area contributed by atoms with Crippen LogP contribution in [-0.4, -0.2) is 40.5 Å². The predicted octanol–water partition coefficient (Wildman–Crippen LogP) is 0.960. The quantitative estimate of drug-likeness (QED) is 0.849. The molecule has 0 bridgehead atoms. The standard InChI is InChI=1S/C12H22N4O/c1-12(2,3)8-15(4)11(17)10-7-16(6-5-13)9-14-10/h7,9H,5-6,8,13H2,1-4H3. The van der Waals surface area contributed by atoms with E-state index in [0.717, 1.165) is 0 Å². The number of nitrogens with zero attached hydrogens (tertiary/aromatic N) is 3. The second-order valence-electron chi connectivity index (χ2n) is 5.51. The lowest BCUT2D eigenvalue weighted by atomic mass is 9.96. The van der Waals surface area contributed by atoms with Gasteiger partial charge in [-0.05, 0) is 5.41 Å². The fourth-order valence-electron chi connectivity index (χ4n) is 1.72. The summed E-state index contributed by atoms with van der Waals surface area (Å²) in [6.45, 7) is 8.23. The van der Waals surface area contributed by atoms with Gasteiger partial charge in [0.2, 0.25) is 0 Å². The van der Waals surface area contributed by atoms with Gasteiger partial charge in [0.1, 0.15) is 5.69 Å². The van der Waals surface area contributed by atoms with Crippen LogP contribution in [0.3, 0.4) is 0 Å². The molecule has 0 saturated heterocycles. The Morgan fingerprint density at radius 2 is 2.18 bits per heavy atom. The third-order valence-corrected chi connectivity index (χ3v) is 2.30. The van der Waals surface area contributed by atoms with Crippen molar-refractivity contribution in [3.63, 3.8) is 0 Å². The number of hydrogen-bond donors (Lipinski definition) is 1. The molecule has 0 saturated carbocycles. The number of amides is 1. The number of nitrogens with two attached hydrogens (primary N) is 1. The number of carbonyl (C=O) groups excluding carboxylic acids is 1. The van der Waals surface area contributed by atoms with E-state index < -0.39 is 0 Å². The fraction of sp³-hybridized carbons (Fsp3) is 0.667. The van der Waals surface area contributed by atoms with Crippen LogP contribution in [0.25, 0.3) is 0 Å². The predicted molar refractivity (Wildman–Crippen MR) is 67.7 cm³/mol. The van der Waals surface area contributed by atoms with Crippen molar-refractivity contribution >= 4 is 5.91 Å². The second kappa shape index (κ2) is 5.31. The first-order chi connectivity index (χ1) is 7.83. The summed E-state index contributed by atoms with van der Waals surface area (Å²) in [5, 5.41) is 0. The lowest BCUT2D eigenvalue weighted by Gasteiger charge is -2.25. The molecule has 0 aliphatic carbocycles. The normalized spacial score (nSPS) is 11.6. The van der Waals surface area contributed by atoms with Gasteiger partial charge in [-0.2, -0.15) is 0 Å². The van der Waals surface area contributed by atoms with E-state index in [9.17, 15) is 4.79 Å². The maximum atomic E-state index is 12.1. The SMILES string of the molecule is CN(CC(C)(C)C)C(=O)c1cn(CCN)cn1. The summed E-state index contributed by atoms with van der Waals surface area (Å²) in [4.78, 5) is 17.9. The molecule has 0 spiro atoms. The molecule has 0 aliphatic rings. The van der Waals surface area contributed by atoms with Crippen LogP contribution >= 0.6 is 0 Å². The molecule has 1 amide bonds. The van der Waals surface area contributed by atoms with Gasteiger partial charge in [0, 0.05) is 32.9 Å². The van der Waals surface area contributed by atoms with Crippen molar-refractivity contribution < 1.29 is 4.79 Å². The van der Waals surface area contributed by atoms with Gasteiger partial charge in [-0.3, -0.25) is 4.79 Å². The van der Waals surface area contributed by atoms with Crippen LogP contribution in [0.1, 0.15) is 31.3 Å². The molecule has 17 heavy (non-hydrogen) atoms. The first-order valence-electron chi connectivity index (χ1n) is 5.81. The Kier molecular flexibility index (Phi) is 4.28. The zero-order valence-corrected chi connectivity index (χ0v) is 11.1. The molecule has 1 rings (SSSR count). The summed E-state index contributed by atoms with van der Waals surface area (Å²) in [5.41, 5.74) is 6.01. The van der Waals surface area contributed by atoms with E-state index >= 15 is 0 Å². The van der Waals surface area contributed by atoms with E-state index in [1.54, 1.807) is 24.5 Å². The van der Waals surface area contributed by atoms with E-state index in [0.29, 0.717) is 25.3 Å². The van der Waals surface area contributed by atoms with Gasteiger partial charge in [-0.1, -0.05) is 20.8 Å². The van der Waals surface area contributed by atoms with Gasteiger partial charge < -0.3 is 15.2 Å². The molecule has 0 aliphatic heterocycles. The highest BCUT2D eigenvalue weighted by Gasteiger charge is 2.20. The van der Waals surface area contributed by atoms with Crippen molar-refractivity contribution in [2.45, 2.75) is 27.3 Å². The van der Waals surface area contributed by atoms with Crippen LogP contribution in [0.2, 0.25) is 0 Å². The summed E-state index contributed by atoms with van der Waals surface area (Å²) in [5.74, 6) is -0.0457. The summed E-state index contributed by atoms with van der Waals surface area (Å²) in [6, 6.07) is 0. The van der Waals surface area contributed by atoms with Crippen LogP contribution < -0.4 is 5.73 Å². The number of imidazole rings is 1. The highest BCUT2D eigenvalue weighted by molar-refractivity contribution is 5.91. The molecular weight excluding hydrogens is 216 g/mol. The van der Waals surface area contributed by atoms with Gasteiger partial charge in [0.25, 0.3) is 5.91 Å². The van der Waals surface area contributed by atoms with Gasteiger partial charge in [-0.15, -0.1) is 0 Å². The minimum atomic E-state index is -0.0457. The highest BCUT2D eigenvalue weighted by atomic mass is 16.2. The molecule has 5 nitrogen and oxygen atoms in total. The smallest absolute Gasteiger partial charge is 0.273 e. The maximum absolute atomic E-state index is 12.1. The summed E-state index contributed by atoms with van der Waals surface area (Å²) < 4.78 is 1.83. The van der Waals surface area contributed by atoms with Crippen LogP contribution in [0.15, 0.2) is 12.5 Å². The fourth-order valence-corrected chi connectivity index (χ4v) is 1.72. The molecule has 0 unspecified atom stereocenters. The highest BCUT2D eigenvalue weighted by Crippen LogP contribution is 2.15. The average Bonchev–Trinajstić information content (AvgIpc) is 2.63. The number of carbonyl (C=O) groups is 1. The maximum Gasteiger partial charge on any atom is 0.273 e. The van der Waals surface area contributed by atoms with E-state index in [1.807, 2.05) is 4.57 Å². The van der Waals surface area contributed by atoms with Crippen molar-refractivity contribution in [1.29, 1.82) is 0 Å². The van der Waals surface area contributed by atoms with Crippen LogP contribution in [0, 0.1) is 5.41 Å². The molecule has 5 heteroatoms. The molecule has 96 valence electrons. The Morgan fingerprint density at radius 1 is 1.53 bits per heavy atom. The molecule has 0 atom stereocenters. The number of aromatic nitrogens is 2. The van der Waals surface area contributed by atoms with E-state index in [-0.39, 0.29) is 11.3 Å². The van der Waals surface area contributed by atoms with Crippen LogP contribution in [0.5, 0.6) is 0 Å². The third-order valence-electron chi connectivity index (χ3n) is 2.30. The zero-order chi connectivity index (χ0) is 13.1. The molecule has 1 aromatic heterocycles. The molecule has 1 aromatic rings. The molecule has 1 heterocycles. The summed E-state index contributed by atoms with van der Waals surface area (Å²) in [6.07, 6.45) is 3.39. The Morgan fingerprint density at radius 3 is 2.71 bits per heavy atom. The molecule has 0 radical (unpaired) electrons. The van der Waals surface area contributed by atoms with Crippen molar-refractivity contribution in [3.05, 3.63) is 18.2 Å². The van der Waals surface area contributed by atoms with E-state index in [2.05, 4.69) is 25.8 Å². The Balaban J connectivity index is 2.68. The third kappa shape index (κ3) is 4.19. The largest absolute Gasteiger partial charge is 0.340 e. The van der Waals surface area contributed by atoms with E-state index in [1.165, 1.54) is 0 Å². The molecule has 0 aromatic carbocycles. The van der Waals surface area contributed by atoms with Crippen LogP contribution in [0.4, 0.5) is 0 Å². The monoisotopic (exact) mass is 238 g/mol. The minimum absolute atomic E-state index is 0.0457. The Labute approximate surface area is 103 Å². The number of rotatable bonds is 4. The second-order valence-corrected chi connectivity index (χ2v) is 5.51. The van der Waals surface area contributed by atoms with Crippen LogP contribution in [-0.2, 0) is 6.54 Å². The molecular formula is C12H22N4O. The van der Waals surface area contributed by atoms with Crippen molar-refractivity contribution in [2.24, 2.45) is 11.1 Å². The van der Waals surface area contributed by atoms with Gasteiger partial charge in [-0.25, -0.2) is 4.98 Å². The first kappa shape index (κ1) is 13.7. The lowest BCUT2D eigenvalue weighted by Crippen LogP contribution is -2.34. The minimum Gasteiger partial charge on any atom is -0.340 e. The Bertz CT molecular complexity index is 378. The topological polar surface area (TPSA) is 64.2 Å². The average molecular weight is 238 g/mol. The zero-order valence-electron chi connectivity index (χ0n) is 11.1. The van der Waals surface area contributed by atoms with Gasteiger partial charge in [0.15, 0.2) is 0 Å². The first-order valence-corrected chi connectivity index (χ1v) is 5.81. The molecule has 0 fully saturated rings. The molecule has 2 N–H and O–H groups in total. The van der Waals surface area contributed by atoms with Gasteiger partial charge >= 0.3 is 0 Å². The van der Waals surface area contributed by atoms with Gasteiger partial charge in [0.05, 0.1) is 6.33 Å². The summed E-state index contributed by atoms with van der Waals surface area (Å²) >= 11 is 0. The number of hydrogen-bond acceptors (Lipinski definition) is 3. The Hall–Kier alpha value is -1.36. The van der Waals surface area contributed by atoms with E-state index in [4.69, 9.17) is 5.73 Å². The van der Waals surface area contributed by atoms with Crippen molar-refractivity contribution in [1.82, 2.24) is 14.5 Å². The van der Waals surface area contributed by atoms with Crippen molar-refractivity contribution in [2.75, 3.05) is 20.1 Å². The van der Waals surface area contributed by atoms with Crippen molar-refractivity contribution in [3.8, 4) is 0 Å².